The summed E-state index contributed by atoms with van der Waals surface area (Å²) in [5, 5.41) is 17.6. The van der Waals surface area contributed by atoms with E-state index in [1.54, 1.807) is 0 Å². The van der Waals surface area contributed by atoms with E-state index in [1.165, 1.54) is 24.8 Å². The van der Waals surface area contributed by atoms with Gasteiger partial charge in [-0.2, -0.15) is 5.26 Å². The number of nitriles is 1. The number of anilines is 1. The molecule has 35 heavy (non-hydrogen) atoms. The topological polar surface area (TPSA) is 79.1 Å². The molecule has 0 aliphatic heterocycles. The van der Waals surface area contributed by atoms with Crippen LogP contribution in [0.5, 0.6) is 0 Å². The van der Waals surface area contributed by atoms with E-state index in [9.17, 15) is 10.1 Å². The summed E-state index contributed by atoms with van der Waals surface area (Å²) < 4.78 is 7.58. The SMILES string of the molecule is CC(C)OC(=O)Nc1ccc(-c2c(C#N)c3ccc(CCCNC4CC4)cc3n2C2CCC2)cc1. The van der Waals surface area contributed by atoms with Crippen LogP contribution in [0.15, 0.2) is 42.5 Å². The van der Waals surface area contributed by atoms with Crippen LogP contribution in [0, 0.1) is 11.3 Å². The molecule has 2 aromatic carbocycles. The Morgan fingerprint density at radius 3 is 2.54 bits per heavy atom. The lowest BCUT2D eigenvalue weighted by Gasteiger charge is -2.30. The minimum atomic E-state index is -0.464. The standard InChI is InChI=1S/C29H34N4O2/c1-19(2)35-29(34)32-23-11-9-21(10-12-23)28-26(18-30)25-15-8-20(5-4-16-31-22-13-14-22)17-27(25)33(28)24-6-3-7-24/h8-12,15,17,19,22,24,31H,3-7,13-14,16H2,1-2H3,(H,32,34). The van der Waals surface area contributed by atoms with Crippen molar-refractivity contribution in [2.75, 3.05) is 11.9 Å². The van der Waals surface area contributed by atoms with Crippen LogP contribution in [0.1, 0.15) is 69.5 Å². The number of hydrogen-bond donors (Lipinski definition) is 2. The molecule has 6 heteroatoms. The summed E-state index contributed by atoms with van der Waals surface area (Å²) in [7, 11) is 0. The van der Waals surface area contributed by atoms with Gasteiger partial charge in [0.2, 0.25) is 0 Å². The first-order valence-corrected chi connectivity index (χ1v) is 12.9. The maximum atomic E-state index is 12.0. The van der Waals surface area contributed by atoms with Crippen LogP contribution in [-0.2, 0) is 11.2 Å². The van der Waals surface area contributed by atoms with Crippen LogP contribution >= 0.6 is 0 Å². The van der Waals surface area contributed by atoms with Gasteiger partial charge in [-0.05, 0) is 94.7 Å². The number of benzene rings is 2. The summed E-state index contributed by atoms with van der Waals surface area (Å²) in [6.45, 7) is 4.70. The molecule has 6 nitrogen and oxygen atoms in total. The Morgan fingerprint density at radius 1 is 1.14 bits per heavy atom. The van der Waals surface area contributed by atoms with Gasteiger partial charge in [0.05, 0.1) is 22.9 Å². The second kappa shape index (κ2) is 10.1. The van der Waals surface area contributed by atoms with Crippen LogP contribution in [0.4, 0.5) is 10.5 Å². The van der Waals surface area contributed by atoms with Crippen molar-refractivity contribution in [2.24, 2.45) is 0 Å². The van der Waals surface area contributed by atoms with Crippen molar-refractivity contribution < 1.29 is 9.53 Å². The van der Waals surface area contributed by atoms with Gasteiger partial charge in [-0.15, -0.1) is 0 Å². The minimum Gasteiger partial charge on any atom is -0.447 e. The van der Waals surface area contributed by atoms with Crippen molar-refractivity contribution in [3.8, 4) is 17.3 Å². The highest BCUT2D eigenvalue weighted by atomic mass is 16.6. The molecule has 2 aliphatic carbocycles. The number of carbonyl (C=O) groups excluding carboxylic acids is 1. The fourth-order valence-corrected chi connectivity index (χ4v) is 4.89. The first-order chi connectivity index (χ1) is 17.0. The molecule has 1 heterocycles. The number of fused-ring (bicyclic) bond motifs is 1. The van der Waals surface area contributed by atoms with E-state index in [1.807, 2.05) is 38.1 Å². The third-order valence-corrected chi connectivity index (χ3v) is 7.02. The number of amides is 1. The fraction of sp³-hybridized carbons (Fsp3) is 0.448. The van der Waals surface area contributed by atoms with Gasteiger partial charge in [0.1, 0.15) is 6.07 Å². The van der Waals surface area contributed by atoms with Gasteiger partial charge in [0, 0.05) is 23.2 Å². The second-order valence-electron chi connectivity index (χ2n) is 10.1. The van der Waals surface area contributed by atoms with E-state index >= 15 is 0 Å². The van der Waals surface area contributed by atoms with Crippen molar-refractivity contribution in [3.63, 3.8) is 0 Å². The lowest BCUT2D eigenvalue weighted by atomic mass is 9.92. The molecular weight excluding hydrogens is 436 g/mol. The highest BCUT2D eigenvalue weighted by molar-refractivity contribution is 5.95. The van der Waals surface area contributed by atoms with E-state index < -0.39 is 6.09 Å². The van der Waals surface area contributed by atoms with Crippen molar-refractivity contribution in [3.05, 3.63) is 53.6 Å². The summed E-state index contributed by atoms with van der Waals surface area (Å²) in [4.78, 5) is 12.0. The third-order valence-electron chi connectivity index (χ3n) is 7.02. The van der Waals surface area contributed by atoms with Crippen molar-refractivity contribution in [2.45, 2.75) is 77.0 Å². The molecule has 0 saturated heterocycles. The number of ether oxygens (including phenoxy) is 1. The maximum Gasteiger partial charge on any atom is 0.411 e. The zero-order chi connectivity index (χ0) is 24.4. The van der Waals surface area contributed by atoms with Gasteiger partial charge in [-0.25, -0.2) is 4.79 Å². The molecule has 5 rings (SSSR count). The molecule has 1 amide bonds. The smallest absolute Gasteiger partial charge is 0.411 e. The maximum absolute atomic E-state index is 12.0. The summed E-state index contributed by atoms with van der Waals surface area (Å²) in [6, 6.07) is 18.0. The molecule has 0 bridgehead atoms. The largest absolute Gasteiger partial charge is 0.447 e. The first kappa shape index (κ1) is 23.4. The van der Waals surface area contributed by atoms with Gasteiger partial charge < -0.3 is 14.6 Å². The molecule has 182 valence electrons. The Kier molecular flexibility index (Phi) is 6.79. The van der Waals surface area contributed by atoms with Gasteiger partial charge in [-0.3, -0.25) is 5.32 Å². The summed E-state index contributed by atoms with van der Waals surface area (Å²) in [5.74, 6) is 0. The molecule has 3 aromatic rings. The number of nitrogens with one attached hydrogen (secondary N) is 2. The number of aryl methyl sites for hydroxylation is 1. The molecular formula is C29H34N4O2. The summed E-state index contributed by atoms with van der Waals surface area (Å²) in [6.07, 6.45) is 7.65. The summed E-state index contributed by atoms with van der Waals surface area (Å²) in [5.41, 5.74) is 5.86. The molecule has 1 aromatic heterocycles. The zero-order valence-corrected chi connectivity index (χ0v) is 20.6. The monoisotopic (exact) mass is 470 g/mol. The molecule has 2 N–H and O–H groups in total. The van der Waals surface area contributed by atoms with Crippen LogP contribution < -0.4 is 10.6 Å². The van der Waals surface area contributed by atoms with Gasteiger partial charge in [0.25, 0.3) is 0 Å². The Bertz CT molecular complexity index is 1240. The van der Waals surface area contributed by atoms with Crippen molar-refractivity contribution >= 4 is 22.7 Å². The lowest BCUT2D eigenvalue weighted by molar-refractivity contribution is 0.130. The highest BCUT2D eigenvalue weighted by Crippen LogP contribution is 2.43. The fourth-order valence-electron chi connectivity index (χ4n) is 4.89. The Morgan fingerprint density at radius 2 is 1.91 bits per heavy atom. The predicted molar refractivity (Wildman–Crippen MR) is 140 cm³/mol. The average molecular weight is 471 g/mol. The van der Waals surface area contributed by atoms with Crippen LogP contribution in [0.3, 0.4) is 0 Å². The van der Waals surface area contributed by atoms with E-state index in [4.69, 9.17) is 4.74 Å². The van der Waals surface area contributed by atoms with Crippen LogP contribution in [0.25, 0.3) is 22.2 Å². The molecule has 2 fully saturated rings. The molecule has 2 aliphatic rings. The van der Waals surface area contributed by atoms with Gasteiger partial charge >= 0.3 is 6.09 Å². The normalized spacial score (nSPS) is 15.7. The predicted octanol–water partition coefficient (Wildman–Crippen LogP) is 6.55. The van der Waals surface area contributed by atoms with Crippen molar-refractivity contribution in [1.82, 2.24) is 9.88 Å². The molecule has 0 unspecified atom stereocenters. The lowest BCUT2D eigenvalue weighted by Crippen LogP contribution is -2.18. The highest BCUT2D eigenvalue weighted by Gasteiger charge is 2.28. The number of rotatable bonds is 9. The van der Waals surface area contributed by atoms with E-state index in [0.717, 1.165) is 66.0 Å². The summed E-state index contributed by atoms with van der Waals surface area (Å²) >= 11 is 0. The van der Waals surface area contributed by atoms with Gasteiger partial charge in [0.15, 0.2) is 0 Å². The van der Waals surface area contributed by atoms with Crippen LogP contribution in [0.2, 0.25) is 0 Å². The number of hydrogen-bond acceptors (Lipinski definition) is 4. The average Bonchev–Trinajstić information content (AvgIpc) is 3.57. The second-order valence-corrected chi connectivity index (χ2v) is 10.1. The number of nitrogens with zero attached hydrogens (tertiary/aromatic N) is 2. The molecule has 0 radical (unpaired) electrons. The van der Waals surface area contributed by atoms with Crippen LogP contribution in [-0.4, -0.2) is 29.4 Å². The Hall–Kier alpha value is -3.30. The van der Waals surface area contributed by atoms with Gasteiger partial charge in [-0.1, -0.05) is 24.3 Å². The minimum absolute atomic E-state index is 0.176. The Labute approximate surface area is 207 Å². The Balaban J connectivity index is 1.45. The van der Waals surface area contributed by atoms with E-state index in [0.29, 0.717) is 11.7 Å². The van der Waals surface area contributed by atoms with Crippen molar-refractivity contribution in [1.29, 1.82) is 5.26 Å². The molecule has 2 saturated carbocycles. The third kappa shape index (κ3) is 5.21. The molecule has 0 atom stereocenters. The van der Waals surface area contributed by atoms with E-state index in [-0.39, 0.29) is 6.10 Å². The number of aromatic nitrogens is 1. The first-order valence-electron chi connectivity index (χ1n) is 12.9. The number of carbonyl (C=O) groups is 1. The molecule has 0 spiro atoms. The van der Waals surface area contributed by atoms with E-state index in [2.05, 4.69) is 39.5 Å². The quantitative estimate of drug-likeness (QED) is 0.348. The zero-order valence-electron chi connectivity index (χ0n) is 20.6.